The number of rotatable bonds is 7. The van der Waals surface area contributed by atoms with Crippen LogP contribution in [0.3, 0.4) is 0 Å². The number of ether oxygens (including phenoxy) is 1. The van der Waals surface area contributed by atoms with Crippen LogP contribution in [0, 0.1) is 0 Å². The van der Waals surface area contributed by atoms with Crippen LogP contribution in [0.15, 0.2) is 60.7 Å². The molecule has 1 N–H and O–H groups in total. The molecule has 3 rings (SSSR count). The SMILES string of the molecule is C=C(C)C(=O)NC(C)c1nc2ccccc2n1CCOc1ccc(C(C)(C)C)cc1. The van der Waals surface area contributed by atoms with E-state index in [0.717, 1.165) is 22.6 Å². The van der Waals surface area contributed by atoms with Gasteiger partial charge in [0.15, 0.2) is 0 Å². The molecule has 2 aromatic carbocycles. The first-order chi connectivity index (χ1) is 14.2. The second-order valence-corrected chi connectivity index (χ2v) is 8.71. The summed E-state index contributed by atoms with van der Waals surface area (Å²) in [4.78, 5) is 16.8. The molecule has 30 heavy (non-hydrogen) atoms. The molecule has 5 heteroatoms. The van der Waals surface area contributed by atoms with Gasteiger partial charge in [0.05, 0.1) is 23.6 Å². The molecule has 1 heterocycles. The summed E-state index contributed by atoms with van der Waals surface area (Å²) in [5.41, 5.74) is 3.80. The molecule has 0 saturated heterocycles. The summed E-state index contributed by atoms with van der Waals surface area (Å²) in [6, 6.07) is 16.0. The molecule has 1 atom stereocenters. The van der Waals surface area contributed by atoms with Crippen molar-refractivity contribution in [3.05, 3.63) is 72.1 Å². The molecule has 0 aliphatic heterocycles. The number of para-hydroxylation sites is 2. The van der Waals surface area contributed by atoms with Crippen molar-refractivity contribution in [3.8, 4) is 5.75 Å². The Bertz CT molecular complexity index is 1040. The zero-order valence-corrected chi connectivity index (χ0v) is 18.5. The highest BCUT2D eigenvalue weighted by Gasteiger charge is 2.19. The molecule has 1 aromatic heterocycles. The molecule has 0 spiro atoms. The number of nitrogens with zero attached hydrogens (tertiary/aromatic N) is 2. The van der Waals surface area contributed by atoms with Crippen LogP contribution in [0.2, 0.25) is 0 Å². The molecule has 1 amide bonds. The zero-order chi connectivity index (χ0) is 21.9. The Hall–Kier alpha value is -3.08. The van der Waals surface area contributed by atoms with Crippen LogP contribution < -0.4 is 10.1 Å². The lowest BCUT2D eigenvalue weighted by atomic mass is 9.87. The first-order valence-electron chi connectivity index (χ1n) is 10.3. The van der Waals surface area contributed by atoms with Crippen molar-refractivity contribution in [2.24, 2.45) is 0 Å². The van der Waals surface area contributed by atoms with E-state index < -0.39 is 0 Å². The highest BCUT2D eigenvalue weighted by Crippen LogP contribution is 2.25. The van der Waals surface area contributed by atoms with Gasteiger partial charge in [-0.05, 0) is 49.1 Å². The number of fused-ring (bicyclic) bond motifs is 1. The second-order valence-electron chi connectivity index (χ2n) is 8.71. The van der Waals surface area contributed by atoms with Gasteiger partial charge in [0.1, 0.15) is 18.2 Å². The summed E-state index contributed by atoms with van der Waals surface area (Å²) in [7, 11) is 0. The predicted molar refractivity (Wildman–Crippen MR) is 122 cm³/mol. The van der Waals surface area contributed by atoms with E-state index in [-0.39, 0.29) is 17.4 Å². The van der Waals surface area contributed by atoms with Gasteiger partial charge in [0.25, 0.3) is 0 Å². The van der Waals surface area contributed by atoms with Crippen molar-refractivity contribution in [2.75, 3.05) is 6.61 Å². The van der Waals surface area contributed by atoms with E-state index >= 15 is 0 Å². The summed E-state index contributed by atoms with van der Waals surface area (Å²) in [6.07, 6.45) is 0. The number of carbonyl (C=O) groups excluding carboxylic acids is 1. The Labute approximate surface area is 178 Å². The number of hydrogen-bond donors (Lipinski definition) is 1. The van der Waals surface area contributed by atoms with E-state index in [1.54, 1.807) is 6.92 Å². The number of imidazole rings is 1. The molecule has 0 aliphatic carbocycles. The Kier molecular flexibility index (Phi) is 6.30. The highest BCUT2D eigenvalue weighted by atomic mass is 16.5. The minimum absolute atomic E-state index is 0.119. The van der Waals surface area contributed by atoms with Gasteiger partial charge in [-0.15, -0.1) is 0 Å². The summed E-state index contributed by atoms with van der Waals surface area (Å²) < 4.78 is 8.11. The van der Waals surface area contributed by atoms with E-state index in [1.807, 2.05) is 43.3 Å². The van der Waals surface area contributed by atoms with Crippen LogP contribution in [-0.2, 0) is 16.8 Å². The Morgan fingerprint density at radius 1 is 1.17 bits per heavy atom. The van der Waals surface area contributed by atoms with Crippen LogP contribution in [0.5, 0.6) is 5.75 Å². The van der Waals surface area contributed by atoms with Crippen LogP contribution in [0.25, 0.3) is 11.0 Å². The number of nitrogens with one attached hydrogen (secondary N) is 1. The fourth-order valence-corrected chi connectivity index (χ4v) is 3.35. The van der Waals surface area contributed by atoms with Crippen molar-refractivity contribution < 1.29 is 9.53 Å². The fourth-order valence-electron chi connectivity index (χ4n) is 3.35. The lowest BCUT2D eigenvalue weighted by Crippen LogP contribution is -2.29. The Morgan fingerprint density at radius 3 is 2.47 bits per heavy atom. The third-order valence-corrected chi connectivity index (χ3v) is 5.11. The monoisotopic (exact) mass is 405 g/mol. The van der Waals surface area contributed by atoms with Crippen molar-refractivity contribution >= 4 is 16.9 Å². The molecule has 3 aromatic rings. The summed E-state index contributed by atoms with van der Waals surface area (Å²) >= 11 is 0. The fraction of sp³-hybridized carbons (Fsp3) is 0.360. The molecular formula is C25H31N3O2. The zero-order valence-electron chi connectivity index (χ0n) is 18.5. The Balaban J connectivity index is 1.76. The molecule has 0 radical (unpaired) electrons. The molecule has 1 unspecified atom stereocenters. The first-order valence-corrected chi connectivity index (χ1v) is 10.3. The minimum Gasteiger partial charge on any atom is -0.492 e. The molecule has 0 aliphatic rings. The van der Waals surface area contributed by atoms with Gasteiger partial charge in [0.2, 0.25) is 5.91 Å². The van der Waals surface area contributed by atoms with E-state index in [2.05, 4.69) is 49.4 Å². The van der Waals surface area contributed by atoms with Crippen LogP contribution in [0.1, 0.15) is 52.0 Å². The minimum atomic E-state index is -0.243. The first kappa shape index (κ1) is 21.6. The van der Waals surface area contributed by atoms with Gasteiger partial charge in [-0.25, -0.2) is 4.98 Å². The number of amides is 1. The van der Waals surface area contributed by atoms with Crippen molar-refractivity contribution in [1.29, 1.82) is 0 Å². The summed E-state index contributed by atoms with van der Waals surface area (Å²) in [5, 5.41) is 2.96. The van der Waals surface area contributed by atoms with E-state index in [9.17, 15) is 4.79 Å². The standard InChI is InChI=1S/C25H31N3O2/c1-17(2)24(29)26-18(3)23-27-21-9-7-8-10-22(21)28(23)15-16-30-20-13-11-19(12-14-20)25(4,5)6/h7-14,18H,1,15-16H2,2-6H3,(H,26,29). The molecule has 0 saturated carbocycles. The molecule has 5 nitrogen and oxygen atoms in total. The van der Waals surface area contributed by atoms with Gasteiger partial charge >= 0.3 is 0 Å². The van der Waals surface area contributed by atoms with Crippen molar-refractivity contribution in [2.45, 2.75) is 52.6 Å². The smallest absolute Gasteiger partial charge is 0.246 e. The van der Waals surface area contributed by atoms with Crippen molar-refractivity contribution in [3.63, 3.8) is 0 Å². The van der Waals surface area contributed by atoms with Gasteiger partial charge in [-0.2, -0.15) is 0 Å². The lowest BCUT2D eigenvalue weighted by molar-refractivity contribution is -0.118. The van der Waals surface area contributed by atoms with Gasteiger partial charge in [-0.3, -0.25) is 4.79 Å². The normalized spacial score (nSPS) is 12.6. The van der Waals surface area contributed by atoms with Crippen molar-refractivity contribution in [1.82, 2.24) is 14.9 Å². The predicted octanol–water partition coefficient (Wildman–Crippen LogP) is 5.17. The van der Waals surface area contributed by atoms with Gasteiger partial charge < -0.3 is 14.6 Å². The maximum absolute atomic E-state index is 12.1. The number of carbonyl (C=O) groups is 1. The van der Waals surface area contributed by atoms with Crippen LogP contribution in [0.4, 0.5) is 0 Å². The average molecular weight is 406 g/mol. The van der Waals surface area contributed by atoms with E-state index in [1.165, 1.54) is 5.56 Å². The second kappa shape index (κ2) is 8.74. The molecule has 158 valence electrons. The summed E-state index contributed by atoms with van der Waals surface area (Å²) in [5.74, 6) is 1.48. The molecule has 0 bridgehead atoms. The average Bonchev–Trinajstić information content (AvgIpc) is 3.06. The van der Waals surface area contributed by atoms with E-state index in [4.69, 9.17) is 9.72 Å². The molecule has 0 fully saturated rings. The maximum atomic E-state index is 12.1. The van der Waals surface area contributed by atoms with Crippen LogP contribution in [-0.4, -0.2) is 22.1 Å². The quantitative estimate of drug-likeness (QED) is 0.552. The number of hydrogen-bond acceptors (Lipinski definition) is 3. The largest absolute Gasteiger partial charge is 0.492 e. The van der Waals surface area contributed by atoms with E-state index in [0.29, 0.717) is 18.7 Å². The topological polar surface area (TPSA) is 56.2 Å². The highest BCUT2D eigenvalue weighted by molar-refractivity contribution is 5.92. The maximum Gasteiger partial charge on any atom is 0.246 e. The third-order valence-electron chi connectivity index (χ3n) is 5.11. The van der Waals surface area contributed by atoms with Crippen LogP contribution >= 0.6 is 0 Å². The van der Waals surface area contributed by atoms with Gasteiger partial charge in [-0.1, -0.05) is 51.6 Å². The Morgan fingerprint density at radius 2 is 1.83 bits per heavy atom. The molecular weight excluding hydrogens is 374 g/mol. The summed E-state index contributed by atoms with van der Waals surface area (Å²) in [6.45, 7) is 15.1. The third kappa shape index (κ3) is 4.90. The number of benzene rings is 2. The van der Waals surface area contributed by atoms with Gasteiger partial charge in [0, 0.05) is 5.57 Å². The lowest BCUT2D eigenvalue weighted by Gasteiger charge is -2.19. The number of aromatic nitrogens is 2.